The van der Waals surface area contributed by atoms with Crippen LogP contribution in [0.15, 0.2) is 5.38 Å². The summed E-state index contributed by atoms with van der Waals surface area (Å²) in [6.45, 7) is 12.5. The summed E-state index contributed by atoms with van der Waals surface area (Å²) in [5.41, 5.74) is 0.881. The Hall–Kier alpha value is -0.450. The number of nitrogens with zero attached hydrogens (tertiary/aromatic N) is 2. The largest absolute Gasteiger partial charge is 0.391 e. The van der Waals surface area contributed by atoms with Crippen molar-refractivity contribution >= 4 is 11.3 Å². The van der Waals surface area contributed by atoms with Crippen LogP contribution in [0.2, 0.25) is 0 Å². The highest BCUT2D eigenvalue weighted by atomic mass is 32.1. The van der Waals surface area contributed by atoms with E-state index in [-0.39, 0.29) is 11.6 Å². The smallest absolute Gasteiger partial charge is 0.0954 e. The zero-order chi connectivity index (χ0) is 13.8. The lowest BCUT2D eigenvalue weighted by Crippen LogP contribution is -2.54. The number of aliphatic hydroxyl groups is 1. The molecule has 2 atom stereocenters. The zero-order valence-electron chi connectivity index (χ0n) is 12.2. The van der Waals surface area contributed by atoms with Crippen LogP contribution < -0.4 is 0 Å². The van der Waals surface area contributed by atoms with Crippen molar-refractivity contribution in [2.24, 2.45) is 0 Å². The zero-order valence-corrected chi connectivity index (χ0v) is 13.0. The van der Waals surface area contributed by atoms with Gasteiger partial charge in [-0.1, -0.05) is 20.8 Å². The third-order valence-electron chi connectivity index (χ3n) is 3.95. The van der Waals surface area contributed by atoms with E-state index in [2.05, 4.69) is 37.6 Å². The van der Waals surface area contributed by atoms with E-state index in [9.17, 15) is 5.11 Å². The standard InChI is InChI=1S/C14H26N2OS/c1-6-14(5,16(7-2)8-3)12(17)9-13-15-11(4)10-18-13/h10,12,17H,6-9H2,1-5H3. The van der Waals surface area contributed by atoms with Crippen molar-refractivity contribution in [3.63, 3.8) is 0 Å². The quantitative estimate of drug-likeness (QED) is 0.827. The van der Waals surface area contributed by atoms with Crippen LogP contribution in [-0.2, 0) is 6.42 Å². The number of hydrogen-bond acceptors (Lipinski definition) is 4. The first-order chi connectivity index (χ1) is 8.47. The number of aliphatic hydroxyl groups excluding tert-OH is 1. The lowest BCUT2D eigenvalue weighted by Gasteiger charge is -2.43. The van der Waals surface area contributed by atoms with Crippen LogP contribution in [0.25, 0.3) is 0 Å². The van der Waals surface area contributed by atoms with E-state index in [0.29, 0.717) is 6.42 Å². The van der Waals surface area contributed by atoms with Crippen molar-refractivity contribution in [2.75, 3.05) is 13.1 Å². The Morgan fingerprint density at radius 2 is 2.00 bits per heavy atom. The van der Waals surface area contributed by atoms with Crippen LogP contribution in [-0.4, -0.2) is 39.7 Å². The molecule has 1 aromatic rings. The molecular weight excluding hydrogens is 244 g/mol. The molecule has 1 heterocycles. The van der Waals surface area contributed by atoms with Crippen LogP contribution in [0.1, 0.15) is 44.8 Å². The molecule has 4 heteroatoms. The van der Waals surface area contributed by atoms with E-state index < -0.39 is 0 Å². The lowest BCUT2D eigenvalue weighted by molar-refractivity contribution is -0.0190. The van der Waals surface area contributed by atoms with Gasteiger partial charge < -0.3 is 5.11 Å². The fourth-order valence-corrected chi connectivity index (χ4v) is 3.31. The first-order valence-corrected chi connectivity index (χ1v) is 7.69. The molecule has 18 heavy (non-hydrogen) atoms. The second-order valence-corrected chi connectivity index (χ2v) is 5.93. The van der Waals surface area contributed by atoms with Crippen LogP contribution in [0, 0.1) is 6.92 Å². The molecular formula is C14H26N2OS. The predicted octanol–water partition coefficient (Wildman–Crippen LogP) is 2.87. The lowest BCUT2D eigenvalue weighted by atomic mass is 9.87. The molecule has 1 N–H and O–H groups in total. The van der Waals surface area contributed by atoms with Gasteiger partial charge in [-0.15, -0.1) is 11.3 Å². The SMILES string of the molecule is CCN(CC)C(C)(CC)C(O)Cc1nc(C)cs1. The summed E-state index contributed by atoms with van der Waals surface area (Å²) in [4.78, 5) is 6.79. The summed E-state index contributed by atoms with van der Waals surface area (Å²) >= 11 is 1.64. The van der Waals surface area contributed by atoms with Crippen molar-refractivity contribution in [1.29, 1.82) is 0 Å². The Bertz CT molecular complexity index is 362. The number of aromatic nitrogens is 1. The molecule has 0 aliphatic rings. The van der Waals surface area contributed by atoms with E-state index in [1.165, 1.54) is 0 Å². The fourth-order valence-electron chi connectivity index (χ4n) is 2.50. The van der Waals surface area contributed by atoms with Crippen LogP contribution in [0.3, 0.4) is 0 Å². The van der Waals surface area contributed by atoms with Gasteiger partial charge in [0.25, 0.3) is 0 Å². The highest BCUT2D eigenvalue weighted by Crippen LogP contribution is 2.26. The average Bonchev–Trinajstić information content (AvgIpc) is 2.75. The van der Waals surface area contributed by atoms with Gasteiger partial charge in [-0.2, -0.15) is 0 Å². The molecule has 0 aromatic carbocycles. The van der Waals surface area contributed by atoms with Crippen molar-refractivity contribution in [2.45, 2.75) is 59.1 Å². The third kappa shape index (κ3) is 3.31. The maximum Gasteiger partial charge on any atom is 0.0954 e. The number of likely N-dealkylation sites (N-methyl/N-ethyl adjacent to an activating group) is 1. The van der Waals surface area contributed by atoms with Crippen molar-refractivity contribution in [3.8, 4) is 0 Å². The van der Waals surface area contributed by atoms with Crippen molar-refractivity contribution in [1.82, 2.24) is 9.88 Å². The van der Waals surface area contributed by atoms with Crippen molar-refractivity contribution < 1.29 is 5.11 Å². The predicted molar refractivity (Wildman–Crippen MR) is 78.2 cm³/mol. The van der Waals surface area contributed by atoms with Gasteiger partial charge >= 0.3 is 0 Å². The molecule has 104 valence electrons. The molecule has 2 unspecified atom stereocenters. The number of hydrogen-bond donors (Lipinski definition) is 1. The summed E-state index contributed by atoms with van der Waals surface area (Å²) < 4.78 is 0. The first kappa shape index (κ1) is 15.6. The topological polar surface area (TPSA) is 36.4 Å². The van der Waals surface area contributed by atoms with Gasteiger partial charge in [0.1, 0.15) is 0 Å². The van der Waals surface area contributed by atoms with Gasteiger partial charge in [0.05, 0.1) is 11.1 Å². The monoisotopic (exact) mass is 270 g/mol. The highest BCUT2D eigenvalue weighted by Gasteiger charge is 2.36. The summed E-state index contributed by atoms with van der Waals surface area (Å²) in [7, 11) is 0. The van der Waals surface area contributed by atoms with Crippen LogP contribution in [0.5, 0.6) is 0 Å². The van der Waals surface area contributed by atoms with E-state index in [4.69, 9.17) is 0 Å². The second-order valence-electron chi connectivity index (χ2n) is 4.99. The molecule has 0 aliphatic carbocycles. The maximum absolute atomic E-state index is 10.6. The summed E-state index contributed by atoms with van der Waals surface area (Å²) in [6, 6.07) is 0. The van der Waals surface area contributed by atoms with Gasteiger partial charge in [-0.05, 0) is 33.4 Å². The Morgan fingerprint density at radius 1 is 1.39 bits per heavy atom. The molecule has 0 radical (unpaired) electrons. The number of rotatable bonds is 7. The number of aryl methyl sites for hydroxylation is 1. The Labute approximate surface area is 115 Å². The van der Waals surface area contributed by atoms with Gasteiger partial charge in [-0.3, -0.25) is 4.90 Å². The fraction of sp³-hybridized carbons (Fsp3) is 0.786. The molecule has 0 aliphatic heterocycles. The van der Waals surface area contributed by atoms with Gasteiger partial charge in [-0.25, -0.2) is 4.98 Å². The van der Waals surface area contributed by atoms with Gasteiger partial charge in [0, 0.05) is 23.0 Å². The normalized spacial score (nSPS) is 16.8. The molecule has 0 spiro atoms. The Morgan fingerprint density at radius 3 is 2.39 bits per heavy atom. The summed E-state index contributed by atoms with van der Waals surface area (Å²) in [5.74, 6) is 0. The summed E-state index contributed by atoms with van der Waals surface area (Å²) in [5, 5.41) is 13.7. The molecule has 1 rings (SSSR count). The van der Waals surface area contributed by atoms with Gasteiger partial charge in [0.15, 0.2) is 0 Å². The summed E-state index contributed by atoms with van der Waals surface area (Å²) in [6.07, 6.45) is 1.23. The van der Waals surface area contributed by atoms with E-state index in [1.807, 2.05) is 12.3 Å². The van der Waals surface area contributed by atoms with Crippen molar-refractivity contribution in [3.05, 3.63) is 16.1 Å². The highest BCUT2D eigenvalue weighted by molar-refractivity contribution is 7.09. The van der Waals surface area contributed by atoms with Crippen LogP contribution in [0.4, 0.5) is 0 Å². The molecule has 0 saturated carbocycles. The molecule has 0 amide bonds. The van der Waals surface area contributed by atoms with Gasteiger partial charge in [0.2, 0.25) is 0 Å². The molecule has 0 fully saturated rings. The van der Waals surface area contributed by atoms with Crippen LogP contribution >= 0.6 is 11.3 Å². The molecule has 0 bridgehead atoms. The molecule has 0 saturated heterocycles. The second kappa shape index (κ2) is 6.64. The molecule has 3 nitrogen and oxygen atoms in total. The third-order valence-corrected chi connectivity index (χ3v) is 4.94. The Balaban J connectivity index is 2.80. The number of thiazole rings is 1. The van der Waals surface area contributed by atoms with E-state index >= 15 is 0 Å². The van der Waals surface area contributed by atoms with E-state index in [1.54, 1.807) is 11.3 Å². The average molecular weight is 270 g/mol. The first-order valence-electron chi connectivity index (χ1n) is 6.82. The van der Waals surface area contributed by atoms with E-state index in [0.717, 1.165) is 30.2 Å². The Kier molecular flexibility index (Phi) is 5.76. The maximum atomic E-state index is 10.6. The molecule has 1 aromatic heterocycles. The minimum Gasteiger partial charge on any atom is -0.391 e. The minimum atomic E-state index is -0.368. The minimum absolute atomic E-state index is 0.164.